The van der Waals surface area contributed by atoms with E-state index in [0.29, 0.717) is 11.5 Å². The number of anilines is 1. The van der Waals surface area contributed by atoms with E-state index in [1.54, 1.807) is 12.4 Å². The topological polar surface area (TPSA) is 63.8 Å². The van der Waals surface area contributed by atoms with Crippen molar-refractivity contribution >= 4 is 23.0 Å². The first-order valence-electron chi connectivity index (χ1n) is 7.19. The first kappa shape index (κ1) is 13.9. The molecule has 0 fully saturated rings. The third-order valence-electron chi connectivity index (χ3n) is 3.78. The van der Waals surface area contributed by atoms with Gasteiger partial charge in [-0.05, 0) is 55.0 Å². The number of thiocarbonyl (C=S) groups is 1. The quantitative estimate of drug-likeness (QED) is 0.850. The van der Waals surface area contributed by atoms with Crippen molar-refractivity contribution in [2.45, 2.75) is 32.2 Å². The molecule has 108 valence electrons. The zero-order valence-electron chi connectivity index (χ0n) is 11.8. The molecule has 0 aromatic carbocycles. The Kier molecular flexibility index (Phi) is 4.10. The van der Waals surface area contributed by atoms with Crippen molar-refractivity contribution in [3.05, 3.63) is 53.0 Å². The molecule has 5 heteroatoms. The second-order valence-electron chi connectivity index (χ2n) is 5.27. The number of hydrogen-bond donors (Lipinski definition) is 2. The van der Waals surface area contributed by atoms with Gasteiger partial charge in [0, 0.05) is 24.6 Å². The van der Waals surface area contributed by atoms with Gasteiger partial charge in [0.05, 0.1) is 5.56 Å². The SMILES string of the molecule is NC(=S)c1cc2c(nc1NCc1ccncc1)CCCC2. The minimum Gasteiger partial charge on any atom is -0.389 e. The Balaban J connectivity index is 1.87. The lowest BCUT2D eigenvalue weighted by molar-refractivity contribution is 0.668. The molecule has 4 nitrogen and oxygen atoms in total. The van der Waals surface area contributed by atoms with Gasteiger partial charge in [0.2, 0.25) is 0 Å². The molecule has 0 saturated carbocycles. The highest BCUT2D eigenvalue weighted by molar-refractivity contribution is 7.80. The standard InChI is InChI=1S/C16H18N4S/c17-15(21)13-9-12-3-1-2-4-14(12)20-16(13)19-10-11-5-7-18-8-6-11/h5-9H,1-4,10H2,(H2,17,21)(H,19,20). The van der Waals surface area contributed by atoms with Crippen LogP contribution in [-0.2, 0) is 19.4 Å². The maximum Gasteiger partial charge on any atom is 0.136 e. The van der Waals surface area contributed by atoms with Crippen LogP contribution in [0, 0.1) is 0 Å². The number of aryl methyl sites for hydroxylation is 2. The van der Waals surface area contributed by atoms with Crippen LogP contribution in [0.1, 0.15) is 35.2 Å². The van der Waals surface area contributed by atoms with Gasteiger partial charge in [-0.25, -0.2) is 4.98 Å². The Morgan fingerprint density at radius 3 is 2.76 bits per heavy atom. The molecule has 0 saturated heterocycles. The lowest BCUT2D eigenvalue weighted by atomic mass is 9.94. The molecule has 21 heavy (non-hydrogen) atoms. The summed E-state index contributed by atoms with van der Waals surface area (Å²) in [4.78, 5) is 9.17. The molecule has 1 aliphatic carbocycles. The molecule has 3 N–H and O–H groups in total. The van der Waals surface area contributed by atoms with Gasteiger partial charge in [0.15, 0.2) is 0 Å². The van der Waals surface area contributed by atoms with Crippen molar-refractivity contribution in [1.29, 1.82) is 0 Å². The molecule has 0 amide bonds. The maximum atomic E-state index is 5.86. The summed E-state index contributed by atoms with van der Waals surface area (Å²) in [6, 6.07) is 6.07. The van der Waals surface area contributed by atoms with Gasteiger partial charge in [-0.1, -0.05) is 12.2 Å². The number of aromatic nitrogens is 2. The van der Waals surface area contributed by atoms with Crippen LogP contribution in [0.15, 0.2) is 30.6 Å². The van der Waals surface area contributed by atoms with Gasteiger partial charge in [-0.15, -0.1) is 0 Å². The lowest BCUT2D eigenvalue weighted by Gasteiger charge is -2.19. The lowest BCUT2D eigenvalue weighted by Crippen LogP contribution is -2.18. The molecule has 2 aromatic heterocycles. The monoisotopic (exact) mass is 298 g/mol. The molecule has 0 radical (unpaired) electrons. The molecular weight excluding hydrogens is 280 g/mol. The Bertz CT molecular complexity index is 655. The van der Waals surface area contributed by atoms with Crippen LogP contribution in [0.2, 0.25) is 0 Å². The van der Waals surface area contributed by atoms with Gasteiger partial charge in [0.1, 0.15) is 10.8 Å². The summed E-state index contributed by atoms with van der Waals surface area (Å²) in [5, 5.41) is 3.35. The van der Waals surface area contributed by atoms with Crippen LogP contribution >= 0.6 is 12.2 Å². The minimum absolute atomic E-state index is 0.396. The summed E-state index contributed by atoms with van der Waals surface area (Å²) in [6.45, 7) is 0.684. The van der Waals surface area contributed by atoms with E-state index in [9.17, 15) is 0 Å². The van der Waals surface area contributed by atoms with Gasteiger partial charge in [0.25, 0.3) is 0 Å². The van der Waals surface area contributed by atoms with Crippen LogP contribution in [0.25, 0.3) is 0 Å². The van der Waals surface area contributed by atoms with E-state index < -0.39 is 0 Å². The third-order valence-corrected chi connectivity index (χ3v) is 4.00. The first-order valence-corrected chi connectivity index (χ1v) is 7.60. The van der Waals surface area contributed by atoms with E-state index in [4.69, 9.17) is 22.9 Å². The second-order valence-corrected chi connectivity index (χ2v) is 5.71. The fraction of sp³-hybridized carbons (Fsp3) is 0.312. The summed E-state index contributed by atoms with van der Waals surface area (Å²) in [6.07, 6.45) is 8.10. The molecule has 2 heterocycles. The molecule has 3 rings (SSSR count). The van der Waals surface area contributed by atoms with Crippen LogP contribution in [-0.4, -0.2) is 15.0 Å². The second kappa shape index (κ2) is 6.18. The summed E-state index contributed by atoms with van der Waals surface area (Å²) in [7, 11) is 0. The predicted octanol–water partition coefficient (Wildman–Crippen LogP) is 2.60. The molecule has 2 aromatic rings. The summed E-state index contributed by atoms with van der Waals surface area (Å²) >= 11 is 5.17. The Hall–Kier alpha value is -2.01. The Labute approximate surface area is 129 Å². The van der Waals surface area contributed by atoms with Crippen LogP contribution in [0.3, 0.4) is 0 Å². The molecule has 0 atom stereocenters. The van der Waals surface area contributed by atoms with Crippen molar-refractivity contribution in [2.75, 3.05) is 5.32 Å². The molecule has 0 aliphatic heterocycles. The van der Waals surface area contributed by atoms with Crippen LogP contribution in [0.5, 0.6) is 0 Å². The maximum absolute atomic E-state index is 5.86. The summed E-state index contributed by atoms with van der Waals surface area (Å²) < 4.78 is 0. The predicted molar refractivity (Wildman–Crippen MR) is 88.3 cm³/mol. The van der Waals surface area contributed by atoms with E-state index in [-0.39, 0.29) is 0 Å². The minimum atomic E-state index is 0.396. The Morgan fingerprint density at radius 1 is 1.24 bits per heavy atom. The largest absolute Gasteiger partial charge is 0.389 e. The molecule has 0 bridgehead atoms. The Morgan fingerprint density at radius 2 is 2.00 bits per heavy atom. The van der Waals surface area contributed by atoms with E-state index in [2.05, 4.69) is 16.4 Å². The highest BCUT2D eigenvalue weighted by Crippen LogP contribution is 2.25. The molecular formula is C16H18N4S. The van der Waals surface area contributed by atoms with Gasteiger partial charge in [-0.2, -0.15) is 0 Å². The number of hydrogen-bond acceptors (Lipinski definition) is 4. The van der Waals surface area contributed by atoms with E-state index in [1.165, 1.54) is 24.1 Å². The van der Waals surface area contributed by atoms with Gasteiger partial charge < -0.3 is 11.1 Å². The van der Waals surface area contributed by atoms with E-state index in [0.717, 1.165) is 29.8 Å². The average molecular weight is 298 g/mol. The smallest absolute Gasteiger partial charge is 0.136 e. The van der Waals surface area contributed by atoms with E-state index in [1.807, 2.05) is 12.1 Å². The van der Waals surface area contributed by atoms with Crippen molar-refractivity contribution in [1.82, 2.24) is 9.97 Å². The van der Waals surface area contributed by atoms with Crippen molar-refractivity contribution in [2.24, 2.45) is 5.73 Å². The number of nitrogens with one attached hydrogen (secondary N) is 1. The number of fused-ring (bicyclic) bond motifs is 1. The molecule has 0 unspecified atom stereocenters. The average Bonchev–Trinajstić information content (AvgIpc) is 2.53. The highest BCUT2D eigenvalue weighted by atomic mass is 32.1. The van der Waals surface area contributed by atoms with E-state index >= 15 is 0 Å². The normalized spacial score (nSPS) is 13.5. The molecule has 0 spiro atoms. The van der Waals surface area contributed by atoms with Crippen LogP contribution in [0.4, 0.5) is 5.82 Å². The van der Waals surface area contributed by atoms with Gasteiger partial charge >= 0.3 is 0 Å². The zero-order valence-corrected chi connectivity index (χ0v) is 12.6. The zero-order chi connectivity index (χ0) is 14.7. The van der Waals surface area contributed by atoms with Gasteiger partial charge in [-0.3, -0.25) is 4.98 Å². The fourth-order valence-electron chi connectivity index (χ4n) is 2.64. The summed E-state index contributed by atoms with van der Waals surface area (Å²) in [5.41, 5.74) is 10.3. The van der Waals surface area contributed by atoms with Crippen molar-refractivity contribution < 1.29 is 0 Å². The summed E-state index contributed by atoms with van der Waals surface area (Å²) in [5.74, 6) is 0.792. The van der Waals surface area contributed by atoms with Crippen molar-refractivity contribution in [3.8, 4) is 0 Å². The third kappa shape index (κ3) is 3.19. The number of nitrogens with zero attached hydrogens (tertiary/aromatic N) is 2. The van der Waals surface area contributed by atoms with Crippen molar-refractivity contribution in [3.63, 3.8) is 0 Å². The van der Waals surface area contributed by atoms with Crippen LogP contribution < -0.4 is 11.1 Å². The number of pyridine rings is 2. The fourth-order valence-corrected chi connectivity index (χ4v) is 2.80. The first-order chi connectivity index (χ1) is 10.2. The number of nitrogens with two attached hydrogens (primary N) is 1. The highest BCUT2D eigenvalue weighted by Gasteiger charge is 2.16. The molecule has 1 aliphatic rings. The number of rotatable bonds is 4.